The van der Waals surface area contributed by atoms with E-state index in [1.807, 2.05) is 0 Å². The molecule has 112 valence electrons. The molecule has 0 aliphatic carbocycles. The number of rotatable bonds is 6. The largest absolute Gasteiger partial charge is 0.477 e. The molecule has 2 aromatic rings. The van der Waals surface area contributed by atoms with Gasteiger partial charge in [-0.25, -0.2) is 17.9 Å². The van der Waals surface area contributed by atoms with Crippen molar-refractivity contribution in [2.24, 2.45) is 0 Å². The zero-order chi connectivity index (χ0) is 15.5. The summed E-state index contributed by atoms with van der Waals surface area (Å²) in [6, 6.07) is 8.81. The van der Waals surface area contributed by atoms with E-state index >= 15 is 0 Å². The van der Waals surface area contributed by atoms with E-state index in [4.69, 9.17) is 5.11 Å². The van der Waals surface area contributed by atoms with Crippen molar-refractivity contribution in [2.45, 2.75) is 10.9 Å². The van der Waals surface area contributed by atoms with Crippen LogP contribution in [0.2, 0.25) is 0 Å². The topological polar surface area (TPSA) is 119 Å². The molecule has 7 nitrogen and oxygen atoms in total. The van der Waals surface area contributed by atoms with Crippen molar-refractivity contribution in [3.05, 3.63) is 53.9 Å². The first-order valence-corrected chi connectivity index (χ1v) is 7.52. The van der Waals surface area contributed by atoms with Crippen LogP contribution in [0.25, 0.3) is 0 Å². The second-order valence-electron chi connectivity index (χ2n) is 4.32. The molecule has 2 rings (SSSR count). The molecule has 0 radical (unpaired) electrons. The van der Waals surface area contributed by atoms with Crippen molar-refractivity contribution in [2.75, 3.05) is 6.61 Å². The number of carboxylic acids is 1. The first-order valence-electron chi connectivity index (χ1n) is 6.04. The predicted octanol–water partition coefficient (Wildman–Crippen LogP) is 0.725. The summed E-state index contributed by atoms with van der Waals surface area (Å²) in [6.07, 6.45) is 1.09. The molecule has 0 amide bonds. The molecule has 1 unspecified atom stereocenters. The third kappa shape index (κ3) is 3.48. The van der Waals surface area contributed by atoms with Crippen LogP contribution >= 0.6 is 0 Å². The number of aliphatic hydroxyl groups is 1. The van der Waals surface area contributed by atoms with Crippen LogP contribution in [0, 0.1) is 0 Å². The quantitative estimate of drug-likeness (QED) is 0.627. The lowest BCUT2D eigenvalue weighted by atomic mass is 10.1. The molecule has 4 N–H and O–H groups in total. The molecule has 1 aromatic carbocycles. The Morgan fingerprint density at radius 2 is 1.95 bits per heavy atom. The van der Waals surface area contributed by atoms with Gasteiger partial charge in [0.2, 0.25) is 10.0 Å². The van der Waals surface area contributed by atoms with Crippen molar-refractivity contribution in [3.63, 3.8) is 0 Å². The summed E-state index contributed by atoms with van der Waals surface area (Å²) in [5, 5.41) is 18.1. The van der Waals surface area contributed by atoms with Gasteiger partial charge in [-0.1, -0.05) is 30.3 Å². The van der Waals surface area contributed by atoms with E-state index < -0.39 is 28.6 Å². The van der Waals surface area contributed by atoms with Crippen molar-refractivity contribution in [1.82, 2.24) is 9.71 Å². The van der Waals surface area contributed by atoms with Crippen LogP contribution in [0.1, 0.15) is 22.1 Å². The number of carboxylic acid groups (broad SMARTS) is 1. The summed E-state index contributed by atoms with van der Waals surface area (Å²) < 4.78 is 26.7. The molecule has 0 saturated carbocycles. The molecule has 21 heavy (non-hydrogen) atoms. The molecule has 0 aliphatic heterocycles. The van der Waals surface area contributed by atoms with Gasteiger partial charge in [-0.3, -0.25) is 0 Å². The van der Waals surface area contributed by atoms with Crippen LogP contribution in [0.3, 0.4) is 0 Å². The summed E-state index contributed by atoms with van der Waals surface area (Å²) in [4.78, 5) is 12.9. The Balaban J connectivity index is 2.25. The van der Waals surface area contributed by atoms with Crippen LogP contribution in [-0.4, -0.2) is 36.2 Å². The van der Waals surface area contributed by atoms with E-state index in [1.54, 1.807) is 30.3 Å². The minimum absolute atomic E-state index is 0.200. The summed E-state index contributed by atoms with van der Waals surface area (Å²) in [5.41, 5.74) is 0.383. The minimum Gasteiger partial charge on any atom is -0.477 e. The third-order valence-corrected chi connectivity index (χ3v) is 4.33. The number of nitrogens with one attached hydrogen (secondary N) is 2. The van der Waals surface area contributed by atoms with E-state index in [-0.39, 0.29) is 10.6 Å². The van der Waals surface area contributed by atoms with E-state index in [2.05, 4.69) is 9.71 Å². The number of aromatic nitrogens is 1. The van der Waals surface area contributed by atoms with Crippen molar-refractivity contribution < 1.29 is 23.4 Å². The maximum absolute atomic E-state index is 12.2. The maximum atomic E-state index is 12.2. The van der Waals surface area contributed by atoms with Crippen LogP contribution in [-0.2, 0) is 10.0 Å². The smallest absolute Gasteiger partial charge is 0.352 e. The predicted molar refractivity (Wildman–Crippen MR) is 74.3 cm³/mol. The van der Waals surface area contributed by atoms with Gasteiger partial charge < -0.3 is 15.2 Å². The summed E-state index contributed by atoms with van der Waals surface area (Å²) >= 11 is 0. The first-order chi connectivity index (χ1) is 9.94. The lowest BCUT2D eigenvalue weighted by molar-refractivity contribution is 0.0691. The van der Waals surface area contributed by atoms with Gasteiger partial charge in [0, 0.05) is 6.20 Å². The molecule has 0 saturated heterocycles. The van der Waals surface area contributed by atoms with E-state index in [9.17, 15) is 18.3 Å². The maximum Gasteiger partial charge on any atom is 0.352 e. The SMILES string of the molecule is O=C(O)c1cc(S(=O)(=O)NC(CO)c2ccccc2)c[nH]1. The molecular formula is C13H14N2O5S. The van der Waals surface area contributed by atoms with E-state index in [1.165, 1.54) is 0 Å². The molecule has 1 aromatic heterocycles. The van der Waals surface area contributed by atoms with Gasteiger partial charge in [-0.15, -0.1) is 0 Å². The number of aromatic amines is 1. The number of benzene rings is 1. The second kappa shape index (κ2) is 6.08. The van der Waals surface area contributed by atoms with Crippen LogP contribution in [0.5, 0.6) is 0 Å². The lowest BCUT2D eigenvalue weighted by Crippen LogP contribution is -2.30. The normalized spacial score (nSPS) is 13.0. The fourth-order valence-corrected chi connectivity index (χ4v) is 3.01. The number of carbonyl (C=O) groups is 1. The highest BCUT2D eigenvalue weighted by Gasteiger charge is 2.23. The van der Waals surface area contributed by atoms with Crippen molar-refractivity contribution in [3.8, 4) is 0 Å². The Bertz CT molecular complexity index is 724. The summed E-state index contributed by atoms with van der Waals surface area (Å²) in [5.74, 6) is -1.25. The Labute approximate surface area is 121 Å². The highest BCUT2D eigenvalue weighted by molar-refractivity contribution is 7.89. The molecule has 0 fully saturated rings. The summed E-state index contributed by atoms with van der Waals surface area (Å²) in [6.45, 7) is -0.417. The van der Waals surface area contributed by atoms with Gasteiger partial charge in [0.1, 0.15) is 10.6 Å². The van der Waals surface area contributed by atoms with Crippen LogP contribution in [0.4, 0.5) is 0 Å². The average molecular weight is 310 g/mol. The fraction of sp³-hybridized carbons (Fsp3) is 0.154. The number of H-pyrrole nitrogens is 1. The fourth-order valence-electron chi connectivity index (χ4n) is 1.80. The van der Waals surface area contributed by atoms with Crippen molar-refractivity contribution >= 4 is 16.0 Å². The number of sulfonamides is 1. The lowest BCUT2D eigenvalue weighted by Gasteiger charge is -2.16. The van der Waals surface area contributed by atoms with E-state index in [0.29, 0.717) is 5.56 Å². The van der Waals surface area contributed by atoms with Gasteiger partial charge in [-0.2, -0.15) is 0 Å². The first kappa shape index (κ1) is 15.2. The Morgan fingerprint density at radius 1 is 1.29 bits per heavy atom. The average Bonchev–Trinajstić information content (AvgIpc) is 2.96. The molecule has 1 heterocycles. The molecule has 8 heteroatoms. The number of aromatic carboxylic acids is 1. The second-order valence-corrected chi connectivity index (χ2v) is 6.04. The number of aliphatic hydroxyl groups excluding tert-OH is 1. The summed E-state index contributed by atoms with van der Waals surface area (Å²) in [7, 11) is -3.94. The van der Waals surface area contributed by atoms with E-state index in [0.717, 1.165) is 12.3 Å². The molecule has 1 atom stereocenters. The highest BCUT2D eigenvalue weighted by Crippen LogP contribution is 2.17. The standard InChI is InChI=1S/C13H14N2O5S/c16-8-12(9-4-2-1-3-5-9)15-21(19,20)10-6-11(13(17)18)14-7-10/h1-7,12,14-16H,8H2,(H,17,18). The number of hydrogen-bond donors (Lipinski definition) is 4. The highest BCUT2D eigenvalue weighted by atomic mass is 32.2. The molecular weight excluding hydrogens is 296 g/mol. The zero-order valence-electron chi connectivity index (χ0n) is 10.9. The third-order valence-electron chi connectivity index (χ3n) is 2.88. The van der Waals surface area contributed by atoms with Gasteiger partial charge in [-0.05, 0) is 11.6 Å². The van der Waals surface area contributed by atoms with Crippen LogP contribution < -0.4 is 4.72 Å². The Morgan fingerprint density at radius 3 is 2.48 bits per heavy atom. The molecule has 0 spiro atoms. The molecule has 0 bridgehead atoms. The minimum atomic E-state index is -3.94. The molecule has 0 aliphatic rings. The van der Waals surface area contributed by atoms with Gasteiger partial charge in [0.15, 0.2) is 0 Å². The zero-order valence-corrected chi connectivity index (χ0v) is 11.7. The number of hydrogen-bond acceptors (Lipinski definition) is 4. The van der Waals surface area contributed by atoms with Crippen molar-refractivity contribution in [1.29, 1.82) is 0 Å². The van der Waals surface area contributed by atoms with Gasteiger partial charge in [0.25, 0.3) is 0 Å². The van der Waals surface area contributed by atoms with Crippen LogP contribution in [0.15, 0.2) is 47.5 Å². The van der Waals surface area contributed by atoms with Gasteiger partial charge in [0.05, 0.1) is 12.6 Å². The monoisotopic (exact) mass is 310 g/mol. The Kier molecular flexibility index (Phi) is 4.41. The Hall–Kier alpha value is -2.16. The van der Waals surface area contributed by atoms with Gasteiger partial charge >= 0.3 is 5.97 Å².